The average Bonchev–Trinajstić information content (AvgIpc) is 2.78. The third-order valence-electron chi connectivity index (χ3n) is 5.96. The van der Waals surface area contributed by atoms with E-state index in [9.17, 15) is 9.59 Å². The van der Waals surface area contributed by atoms with Crippen LogP contribution >= 0.6 is 0 Å². The molecule has 1 heterocycles. The molecule has 160 valence electrons. The smallest absolute Gasteiger partial charge is 0.308 e. The number of hydrogen-bond donors (Lipinski definition) is 2. The highest BCUT2D eigenvalue weighted by molar-refractivity contribution is 5.95. The van der Waals surface area contributed by atoms with Gasteiger partial charge in [-0.2, -0.15) is 0 Å². The van der Waals surface area contributed by atoms with Crippen molar-refractivity contribution in [2.24, 2.45) is 11.8 Å². The molecule has 0 radical (unpaired) electrons. The van der Waals surface area contributed by atoms with Crippen LogP contribution in [0.5, 0.6) is 11.5 Å². The minimum Gasteiger partial charge on any atom is -0.493 e. The number of methoxy groups -OCH3 is 2. The van der Waals surface area contributed by atoms with Crippen LogP contribution in [-0.4, -0.2) is 51.8 Å². The third kappa shape index (κ3) is 5.85. The van der Waals surface area contributed by atoms with Gasteiger partial charge in [-0.05, 0) is 75.7 Å². The molecule has 1 aliphatic heterocycles. The Balaban J connectivity index is 1.53. The predicted octanol–water partition coefficient (Wildman–Crippen LogP) is 2.54. The highest BCUT2D eigenvalue weighted by atomic mass is 16.5. The van der Waals surface area contributed by atoms with E-state index in [2.05, 4.69) is 10.6 Å². The van der Waals surface area contributed by atoms with Crippen LogP contribution in [0.1, 0.15) is 48.9 Å². The van der Waals surface area contributed by atoms with E-state index in [1.807, 2.05) is 6.07 Å². The van der Waals surface area contributed by atoms with E-state index < -0.39 is 0 Å². The first kappa shape index (κ1) is 21.4. The van der Waals surface area contributed by atoms with E-state index in [-0.39, 0.29) is 23.8 Å². The van der Waals surface area contributed by atoms with Crippen molar-refractivity contribution >= 4 is 11.9 Å². The molecule has 2 aliphatic rings. The normalized spacial score (nSPS) is 22.6. The number of nitrogens with one attached hydrogen (secondary N) is 2. The fourth-order valence-electron chi connectivity index (χ4n) is 4.09. The first-order valence-electron chi connectivity index (χ1n) is 10.5. The Labute approximate surface area is 172 Å². The highest BCUT2D eigenvalue weighted by Crippen LogP contribution is 2.30. The quantitative estimate of drug-likeness (QED) is 0.680. The lowest BCUT2D eigenvalue weighted by molar-refractivity contribution is -0.146. The number of carbonyl (C=O) groups is 2. The zero-order valence-electron chi connectivity index (χ0n) is 17.4. The summed E-state index contributed by atoms with van der Waals surface area (Å²) < 4.78 is 16.2. The number of amides is 1. The topological polar surface area (TPSA) is 85.9 Å². The lowest BCUT2D eigenvalue weighted by Gasteiger charge is -2.27. The van der Waals surface area contributed by atoms with Crippen LogP contribution in [-0.2, 0) is 9.53 Å². The molecule has 1 saturated heterocycles. The first-order chi connectivity index (χ1) is 14.1. The molecule has 1 amide bonds. The number of esters is 1. The summed E-state index contributed by atoms with van der Waals surface area (Å²) in [6.07, 6.45) is 5.26. The van der Waals surface area contributed by atoms with Crippen molar-refractivity contribution in [1.82, 2.24) is 10.6 Å². The number of ether oxygens (including phenoxy) is 3. The molecule has 7 nitrogen and oxygen atoms in total. The SMILES string of the molecule is COC(=O)C1CCC(NC(=O)c2ccc(OCC3CCNCC3)c(OC)c2)CC1. The van der Waals surface area contributed by atoms with E-state index in [0.717, 1.165) is 51.6 Å². The molecule has 7 heteroatoms. The summed E-state index contributed by atoms with van der Waals surface area (Å²) in [6.45, 7) is 2.73. The molecule has 2 fully saturated rings. The molecule has 0 spiro atoms. The van der Waals surface area contributed by atoms with Crippen molar-refractivity contribution in [2.45, 2.75) is 44.6 Å². The number of rotatable bonds is 7. The minimum absolute atomic E-state index is 0.0513. The summed E-state index contributed by atoms with van der Waals surface area (Å²) in [5, 5.41) is 6.42. The molecular weight excluding hydrogens is 372 g/mol. The van der Waals surface area contributed by atoms with Gasteiger partial charge in [0.25, 0.3) is 5.91 Å². The number of hydrogen-bond acceptors (Lipinski definition) is 6. The van der Waals surface area contributed by atoms with Crippen molar-refractivity contribution in [2.75, 3.05) is 33.9 Å². The molecule has 1 aromatic rings. The standard InChI is InChI=1S/C22H32N2O5/c1-27-20-13-17(5-8-19(20)29-14-15-9-11-23-12-10-15)21(25)24-18-6-3-16(4-7-18)22(26)28-2/h5,8,13,15-16,18,23H,3-4,6-7,9-12,14H2,1-2H3,(H,24,25). The maximum absolute atomic E-state index is 12.7. The minimum atomic E-state index is -0.153. The van der Waals surface area contributed by atoms with Gasteiger partial charge in [0.05, 0.1) is 26.7 Å². The van der Waals surface area contributed by atoms with Crippen molar-refractivity contribution in [3.63, 3.8) is 0 Å². The van der Waals surface area contributed by atoms with Gasteiger partial charge < -0.3 is 24.8 Å². The fourth-order valence-corrected chi connectivity index (χ4v) is 4.09. The Morgan fingerprint density at radius 1 is 1.03 bits per heavy atom. The van der Waals surface area contributed by atoms with Gasteiger partial charge in [0.2, 0.25) is 0 Å². The van der Waals surface area contributed by atoms with Crippen molar-refractivity contribution in [1.29, 1.82) is 0 Å². The molecule has 0 aromatic heterocycles. The summed E-state index contributed by atoms with van der Waals surface area (Å²) >= 11 is 0. The summed E-state index contributed by atoms with van der Waals surface area (Å²) in [7, 11) is 3.01. The van der Waals surface area contributed by atoms with Crippen LogP contribution in [0, 0.1) is 11.8 Å². The highest BCUT2D eigenvalue weighted by Gasteiger charge is 2.28. The van der Waals surface area contributed by atoms with Crippen molar-refractivity contribution < 1.29 is 23.8 Å². The largest absolute Gasteiger partial charge is 0.493 e. The Morgan fingerprint density at radius 3 is 2.41 bits per heavy atom. The zero-order valence-corrected chi connectivity index (χ0v) is 17.4. The maximum Gasteiger partial charge on any atom is 0.308 e. The second-order valence-corrected chi connectivity index (χ2v) is 7.92. The number of piperidine rings is 1. The molecule has 3 rings (SSSR count). The molecule has 1 saturated carbocycles. The Bertz CT molecular complexity index is 694. The number of carbonyl (C=O) groups excluding carboxylic acids is 2. The van der Waals surface area contributed by atoms with E-state index in [1.54, 1.807) is 19.2 Å². The summed E-state index contributed by atoms with van der Waals surface area (Å²) in [5.74, 6) is 1.45. The number of benzene rings is 1. The molecule has 1 aliphatic carbocycles. The third-order valence-corrected chi connectivity index (χ3v) is 5.96. The van der Waals surface area contributed by atoms with Crippen molar-refractivity contribution in [3.05, 3.63) is 23.8 Å². The second kappa shape index (κ2) is 10.5. The van der Waals surface area contributed by atoms with Gasteiger partial charge in [-0.1, -0.05) is 0 Å². The van der Waals surface area contributed by atoms with Gasteiger partial charge in [-0.25, -0.2) is 0 Å². The first-order valence-corrected chi connectivity index (χ1v) is 10.5. The summed E-state index contributed by atoms with van der Waals surface area (Å²) in [6, 6.07) is 5.39. The zero-order chi connectivity index (χ0) is 20.6. The van der Waals surface area contributed by atoms with Gasteiger partial charge in [-0.15, -0.1) is 0 Å². The lowest BCUT2D eigenvalue weighted by atomic mass is 9.86. The molecule has 0 atom stereocenters. The molecule has 0 unspecified atom stereocenters. The van der Waals surface area contributed by atoms with Crippen LogP contribution in [0.15, 0.2) is 18.2 Å². The van der Waals surface area contributed by atoms with E-state index >= 15 is 0 Å². The van der Waals surface area contributed by atoms with Gasteiger partial charge in [0.1, 0.15) is 0 Å². The Hall–Kier alpha value is -2.28. The van der Waals surface area contributed by atoms with Crippen LogP contribution < -0.4 is 20.1 Å². The predicted molar refractivity (Wildman–Crippen MR) is 109 cm³/mol. The fraction of sp³-hybridized carbons (Fsp3) is 0.636. The van der Waals surface area contributed by atoms with Crippen LogP contribution in [0.2, 0.25) is 0 Å². The lowest BCUT2D eigenvalue weighted by Crippen LogP contribution is -2.38. The Kier molecular flexibility index (Phi) is 7.75. The Morgan fingerprint density at radius 2 is 1.76 bits per heavy atom. The summed E-state index contributed by atoms with van der Waals surface area (Å²) in [4.78, 5) is 24.3. The van der Waals surface area contributed by atoms with Gasteiger partial charge >= 0.3 is 5.97 Å². The summed E-state index contributed by atoms with van der Waals surface area (Å²) in [5.41, 5.74) is 0.547. The molecule has 1 aromatic carbocycles. The van der Waals surface area contributed by atoms with Crippen LogP contribution in [0.3, 0.4) is 0 Å². The average molecular weight is 405 g/mol. The molecular formula is C22H32N2O5. The van der Waals surface area contributed by atoms with Gasteiger partial charge in [0.15, 0.2) is 11.5 Å². The van der Waals surface area contributed by atoms with E-state index in [1.165, 1.54) is 7.11 Å². The van der Waals surface area contributed by atoms with Crippen LogP contribution in [0.25, 0.3) is 0 Å². The molecule has 29 heavy (non-hydrogen) atoms. The maximum atomic E-state index is 12.7. The van der Waals surface area contributed by atoms with Gasteiger partial charge in [-0.3, -0.25) is 9.59 Å². The second-order valence-electron chi connectivity index (χ2n) is 7.92. The molecule has 0 bridgehead atoms. The van der Waals surface area contributed by atoms with Crippen LogP contribution in [0.4, 0.5) is 0 Å². The van der Waals surface area contributed by atoms with E-state index in [0.29, 0.717) is 29.6 Å². The van der Waals surface area contributed by atoms with E-state index in [4.69, 9.17) is 14.2 Å². The van der Waals surface area contributed by atoms with Crippen molar-refractivity contribution in [3.8, 4) is 11.5 Å². The molecule has 2 N–H and O–H groups in total. The monoisotopic (exact) mass is 404 g/mol. The van der Waals surface area contributed by atoms with Gasteiger partial charge in [0, 0.05) is 11.6 Å².